The summed E-state index contributed by atoms with van der Waals surface area (Å²) in [6.45, 7) is 0. The summed E-state index contributed by atoms with van der Waals surface area (Å²) in [5.41, 5.74) is 1.02. The average Bonchev–Trinajstić information content (AvgIpc) is 3.14. The molecule has 2 aromatic carbocycles. The summed E-state index contributed by atoms with van der Waals surface area (Å²) < 4.78 is 26.9. The van der Waals surface area contributed by atoms with Crippen LogP contribution in [0.25, 0.3) is 0 Å². The summed E-state index contributed by atoms with van der Waals surface area (Å²) in [5, 5.41) is 4.67. The van der Waals surface area contributed by atoms with Crippen LogP contribution in [0.3, 0.4) is 0 Å². The number of thiophene rings is 1. The summed E-state index contributed by atoms with van der Waals surface area (Å²) in [7, 11) is -2.21. The van der Waals surface area contributed by atoms with E-state index in [2.05, 4.69) is 5.32 Å². The highest BCUT2D eigenvalue weighted by molar-refractivity contribution is 7.92. The van der Waals surface area contributed by atoms with E-state index in [9.17, 15) is 13.2 Å². The molecule has 26 heavy (non-hydrogen) atoms. The van der Waals surface area contributed by atoms with Crippen LogP contribution in [0.2, 0.25) is 0 Å². The van der Waals surface area contributed by atoms with Crippen LogP contribution < -0.4 is 9.62 Å². The number of amides is 1. The second kappa shape index (κ2) is 7.72. The van der Waals surface area contributed by atoms with Crippen LogP contribution in [-0.4, -0.2) is 21.4 Å². The third-order valence-corrected chi connectivity index (χ3v) is 6.47. The molecule has 0 unspecified atom stereocenters. The average molecular weight is 386 g/mol. The molecule has 0 saturated heterocycles. The second-order valence-corrected chi connectivity index (χ2v) is 8.64. The van der Waals surface area contributed by atoms with Gasteiger partial charge in [0.1, 0.15) is 0 Å². The topological polar surface area (TPSA) is 66.5 Å². The van der Waals surface area contributed by atoms with Crippen molar-refractivity contribution < 1.29 is 13.2 Å². The number of carbonyl (C=O) groups excluding carboxylic acids is 1. The second-order valence-electron chi connectivity index (χ2n) is 5.64. The molecular weight excluding hydrogens is 368 g/mol. The molecule has 0 aliphatic rings. The first-order valence-corrected chi connectivity index (χ1v) is 10.2. The first-order valence-electron chi connectivity index (χ1n) is 7.93. The zero-order valence-electron chi connectivity index (χ0n) is 14.1. The monoisotopic (exact) mass is 386 g/mol. The Kier molecular flexibility index (Phi) is 5.39. The number of rotatable bonds is 6. The number of nitrogens with one attached hydrogen (secondary N) is 1. The largest absolute Gasteiger partial charge is 0.326 e. The van der Waals surface area contributed by atoms with Gasteiger partial charge in [0.25, 0.3) is 10.0 Å². The highest BCUT2D eigenvalue weighted by Crippen LogP contribution is 2.23. The zero-order valence-corrected chi connectivity index (χ0v) is 15.8. The first kappa shape index (κ1) is 18.2. The number of benzene rings is 2. The number of carbonyl (C=O) groups is 1. The van der Waals surface area contributed by atoms with E-state index in [4.69, 9.17) is 0 Å². The molecule has 0 aliphatic carbocycles. The van der Waals surface area contributed by atoms with Crippen molar-refractivity contribution in [3.63, 3.8) is 0 Å². The summed E-state index contributed by atoms with van der Waals surface area (Å²) >= 11 is 1.51. The van der Waals surface area contributed by atoms with Crippen LogP contribution in [0.5, 0.6) is 0 Å². The van der Waals surface area contributed by atoms with Gasteiger partial charge < -0.3 is 5.32 Å². The lowest BCUT2D eigenvalue weighted by molar-refractivity contribution is -0.115. The quantitative estimate of drug-likeness (QED) is 0.701. The Morgan fingerprint density at radius 3 is 2.50 bits per heavy atom. The summed E-state index contributed by atoms with van der Waals surface area (Å²) in [5.74, 6) is -0.182. The van der Waals surface area contributed by atoms with Gasteiger partial charge in [-0.05, 0) is 41.8 Å². The van der Waals surface area contributed by atoms with Crippen molar-refractivity contribution in [3.05, 3.63) is 77.0 Å². The van der Waals surface area contributed by atoms with Crippen molar-refractivity contribution in [2.45, 2.75) is 11.3 Å². The number of anilines is 2. The van der Waals surface area contributed by atoms with E-state index in [1.165, 1.54) is 34.8 Å². The molecule has 0 spiro atoms. The van der Waals surface area contributed by atoms with E-state index < -0.39 is 10.0 Å². The molecule has 3 aromatic rings. The molecule has 5 nitrogen and oxygen atoms in total. The number of hydrogen-bond donors (Lipinski definition) is 1. The highest BCUT2D eigenvalue weighted by Gasteiger charge is 2.21. The van der Waals surface area contributed by atoms with Crippen molar-refractivity contribution in [2.75, 3.05) is 16.7 Å². The van der Waals surface area contributed by atoms with Crippen LogP contribution in [0.4, 0.5) is 11.4 Å². The Labute approximate surface area is 157 Å². The van der Waals surface area contributed by atoms with Gasteiger partial charge in [-0.1, -0.05) is 30.3 Å². The molecule has 0 radical (unpaired) electrons. The SMILES string of the molecule is CN(c1ccccc1)S(=O)(=O)c1cccc(NC(=O)Cc2cccs2)c1. The van der Waals surface area contributed by atoms with Crippen LogP contribution in [0, 0.1) is 0 Å². The molecule has 1 heterocycles. The van der Waals surface area contributed by atoms with E-state index in [1.54, 1.807) is 36.4 Å². The van der Waals surface area contributed by atoms with Gasteiger partial charge in [-0.3, -0.25) is 9.10 Å². The smallest absolute Gasteiger partial charge is 0.264 e. The Hall–Kier alpha value is -2.64. The van der Waals surface area contributed by atoms with Crippen molar-refractivity contribution in [2.24, 2.45) is 0 Å². The maximum absolute atomic E-state index is 12.8. The Balaban J connectivity index is 1.79. The molecule has 3 rings (SSSR count). The zero-order chi connectivity index (χ0) is 18.6. The molecule has 0 saturated carbocycles. The van der Waals surface area contributed by atoms with E-state index >= 15 is 0 Å². The lowest BCUT2D eigenvalue weighted by atomic mass is 10.3. The van der Waals surface area contributed by atoms with Gasteiger partial charge >= 0.3 is 0 Å². The Bertz CT molecular complexity index is 985. The Morgan fingerprint density at radius 1 is 1.04 bits per heavy atom. The van der Waals surface area contributed by atoms with Gasteiger partial charge in [0, 0.05) is 17.6 Å². The molecule has 0 aliphatic heterocycles. The number of para-hydroxylation sites is 1. The van der Waals surface area contributed by atoms with Crippen LogP contribution >= 0.6 is 11.3 Å². The first-order chi connectivity index (χ1) is 12.5. The molecule has 0 atom stereocenters. The van der Waals surface area contributed by atoms with Gasteiger partial charge in [-0.2, -0.15) is 0 Å². The molecule has 1 amide bonds. The van der Waals surface area contributed by atoms with E-state index in [0.717, 1.165) is 4.88 Å². The summed E-state index contributed by atoms with van der Waals surface area (Å²) in [6, 6.07) is 18.9. The lowest BCUT2D eigenvalue weighted by Gasteiger charge is -2.19. The van der Waals surface area contributed by atoms with Gasteiger partial charge in [0.15, 0.2) is 0 Å². The van der Waals surface area contributed by atoms with Gasteiger partial charge in [0.2, 0.25) is 5.91 Å². The lowest BCUT2D eigenvalue weighted by Crippen LogP contribution is -2.26. The third kappa shape index (κ3) is 4.12. The molecule has 0 bridgehead atoms. The van der Waals surface area contributed by atoms with Gasteiger partial charge in [-0.25, -0.2) is 8.42 Å². The molecular formula is C19H18N2O3S2. The predicted molar refractivity (Wildman–Crippen MR) is 105 cm³/mol. The van der Waals surface area contributed by atoms with Crippen LogP contribution in [0.1, 0.15) is 4.88 Å². The summed E-state index contributed by atoms with van der Waals surface area (Å²) in [6.07, 6.45) is 0.262. The van der Waals surface area contributed by atoms with Crippen molar-refractivity contribution in [1.82, 2.24) is 0 Å². The van der Waals surface area contributed by atoms with Crippen LogP contribution in [0.15, 0.2) is 77.0 Å². The molecule has 1 N–H and O–H groups in total. The number of sulfonamides is 1. The highest BCUT2D eigenvalue weighted by atomic mass is 32.2. The fourth-order valence-corrected chi connectivity index (χ4v) is 4.39. The number of hydrogen-bond acceptors (Lipinski definition) is 4. The fraction of sp³-hybridized carbons (Fsp3) is 0.105. The van der Waals surface area contributed by atoms with Crippen molar-refractivity contribution >= 4 is 38.6 Å². The van der Waals surface area contributed by atoms with E-state index in [1.807, 2.05) is 23.6 Å². The van der Waals surface area contributed by atoms with Crippen molar-refractivity contribution in [3.8, 4) is 0 Å². The predicted octanol–water partition coefficient (Wildman–Crippen LogP) is 3.75. The molecule has 134 valence electrons. The van der Waals surface area contributed by atoms with Crippen molar-refractivity contribution in [1.29, 1.82) is 0 Å². The maximum atomic E-state index is 12.8. The minimum absolute atomic E-state index is 0.123. The van der Waals surface area contributed by atoms with E-state index in [-0.39, 0.29) is 17.2 Å². The van der Waals surface area contributed by atoms with E-state index in [0.29, 0.717) is 11.4 Å². The maximum Gasteiger partial charge on any atom is 0.264 e. The molecule has 7 heteroatoms. The molecule has 0 fully saturated rings. The van der Waals surface area contributed by atoms with Crippen LogP contribution in [-0.2, 0) is 21.2 Å². The summed E-state index contributed by atoms with van der Waals surface area (Å²) in [4.78, 5) is 13.2. The normalized spacial score (nSPS) is 11.1. The standard InChI is InChI=1S/C19H18N2O3S2/c1-21(16-8-3-2-4-9-16)26(23,24)18-11-5-7-15(13-18)20-19(22)14-17-10-6-12-25-17/h2-13H,14H2,1H3,(H,20,22). The number of nitrogens with zero attached hydrogens (tertiary/aromatic N) is 1. The third-order valence-electron chi connectivity index (χ3n) is 3.81. The minimum Gasteiger partial charge on any atom is -0.326 e. The Morgan fingerprint density at radius 2 is 1.81 bits per heavy atom. The molecule has 1 aromatic heterocycles. The fourth-order valence-electron chi connectivity index (χ4n) is 2.45. The van der Waals surface area contributed by atoms with Gasteiger partial charge in [0.05, 0.1) is 17.0 Å². The minimum atomic E-state index is -3.72. The van der Waals surface area contributed by atoms with Gasteiger partial charge in [-0.15, -0.1) is 11.3 Å².